The lowest BCUT2D eigenvalue weighted by Gasteiger charge is -2.31. The minimum Gasteiger partial charge on any atom is -0.490 e. The quantitative estimate of drug-likeness (QED) is 0.247. The average molecular weight is 611 g/mol. The molecule has 2 aromatic heterocycles. The van der Waals surface area contributed by atoms with E-state index in [0.717, 1.165) is 53.3 Å². The Bertz CT molecular complexity index is 1800. The molecular weight excluding hydrogens is 571 g/mol. The predicted molar refractivity (Wildman–Crippen MR) is 171 cm³/mol. The van der Waals surface area contributed by atoms with Crippen LogP contribution in [0.25, 0.3) is 22.3 Å². The first kappa shape index (κ1) is 30.6. The Morgan fingerprint density at radius 2 is 1.76 bits per heavy atom. The highest BCUT2D eigenvalue weighted by atomic mass is 19.1. The summed E-state index contributed by atoms with van der Waals surface area (Å²) in [7, 11) is 0. The molecule has 9 heteroatoms. The number of pyridine rings is 1. The van der Waals surface area contributed by atoms with Gasteiger partial charge in [-0.2, -0.15) is 0 Å². The number of anilines is 1. The maximum absolute atomic E-state index is 15.6. The van der Waals surface area contributed by atoms with E-state index in [-0.39, 0.29) is 5.75 Å². The van der Waals surface area contributed by atoms with Gasteiger partial charge in [0.2, 0.25) is 0 Å². The van der Waals surface area contributed by atoms with E-state index in [0.29, 0.717) is 42.0 Å². The topological polar surface area (TPSA) is 97.7 Å². The largest absolute Gasteiger partial charge is 0.490 e. The van der Waals surface area contributed by atoms with E-state index in [2.05, 4.69) is 33.1 Å². The van der Waals surface area contributed by atoms with Crippen LogP contribution in [0.3, 0.4) is 0 Å². The molecule has 0 aliphatic carbocycles. The lowest BCUT2D eigenvalue weighted by atomic mass is 9.84. The number of aliphatic carboxylic acids is 1. The standard InChI is InChI=1S/C36H39FN4O4/c1-20-14-29(39-19-38-20)41-12-11-23-15-24(9-10-26(23)18-41)30-21(2)40-22(3)31(34(35(42)43)45-36(4,5)6)32(30)27-16-25-8-7-13-44-33(25)28(37)17-27/h9-10,14-17,19,34H,7-8,11-13,18H2,1-6H3,(H,42,43). The van der Waals surface area contributed by atoms with Gasteiger partial charge in [0.1, 0.15) is 12.1 Å². The summed E-state index contributed by atoms with van der Waals surface area (Å²) in [5.41, 5.74) is 7.90. The van der Waals surface area contributed by atoms with Crippen molar-refractivity contribution in [2.75, 3.05) is 18.1 Å². The molecule has 1 unspecified atom stereocenters. The monoisotopic (exact) mass is 610 g/mol. The number of rotatable bonds is 6. The molecule has 234 valence electrons. The molecule has 6 rings (SSSR count). The Labute approximate surface area is 263 Å². The third kappa shape index (κ3) is 6.14. The van der Waals surface area contributed by atoms with E-state index >= 15 is 4.39 Å². The molecule has 8 nitrogen and oxygen atoms in total. The van der Waals surface area contributed by atoms with Crippen LogP contribution < -0.4 is 9.64 Å². The maximum Gasteiger partial charge on any atom is 0.337 e. The van der Waals surface area contributed by atoms with Crippen molar-refractivity contribution in [2.24, 2.45) is 0 Å². The molecule has 1 atom stereocenters. The average Bonchev–Trinajstić information content (AvgIpc) is 2.99. The zero-order valence-electron chi connectivity index (χ0n) is 26.7. The van der Waals surface area contributed by atoms with Crippen LogP contribution in [0.15, 0.2) is 42.7 Å². The van der Waals surface area contributed by atoms with E-state index in [1.165, 1.54) is 17.2 Å². The molecule has 0 radical (unpaired) electrons. The number of benzene rings is 2. The summed E-state index contributed by atoms with van der Waals surface area (Å²) >= 11 is 0. The molecule has 4 heterocycles. The normalized spacial score (nSPS) is 15.2. The Balaban J connectivity index is 1.54. The number of fused-ring (bicyclic) bond motifs is 2. The van der Waals surface area contributed by atoms with Gasteiger partial charge in [-0.05, 0) is 106 Å². The SMILES string of the molecule is Cc1cc(N2CCc3cc(-c4c(C)nc(C)c(C(OC(C)(C)C)C(=O)O)c4-c4cc(F)c5c(c4)CCCO5)ccc3C2)ncn1. The second-order valence-corrected chi connectivity index (χ2v) is 13.0. The summed E-state index contributed by atoms with van der Waals surface area (Å²) in [4.78, 5) is 28.7. The van der Waals surface area contributed by atoms with Crippen molar-refractivity contribution in [3.8, 4) is 28.0 Å². The Morgan fingerprint density at radius 1 is 0.978 bits per heavy atom. The van der Waals surface area contributed by atoms with Crippen molar-refractivity contribution in [1.82, 2.24) is 15.0 Å². The first-order valence-corrected chi connectivity index (χ1v) is 15.4. The van der Waals surface area contributed by atoms with Gasteiger partial charge in [0.25, 0.3) is 0 Å². The Hall–Kier alpha value is -4.37. The van der Waals surface area contributed by atoms with Gasteiger partial charge in [-0.1, -0.05) is 18.2 Å². The van der Waals surface area contributed by atoms with Crippen LogP contribution in [0.5, 0.6) is 5.75 Å². The molecule has 0 fully saturated rings. The highest BCUT2D eigenvalue weighted by molar-refractivity contribution is 5.91. The van der Waals surface area contributed by atoms with Gasteiger partial charge in [0, 0.05) is 47.4 Å². The number of carbonyl (C=O) groups is 1. The van der Waals surface area contributed by atoms with Crippen LogP contribution in [0.4, 0.5) is 10.2 Å². The summed E-state index contributed by atoms with van der Waals surface area (Å²) in [5, 5.41) is 10.5. The summed E-state index contributed by atoms with van der Waals surface area (Å²) in [6, 6.07) is 11.7. The third-order valence-corrected chi connectivity index (χ3v) is 8.43. The molecular formula is C36H39FN4O4. The molecule has 0 amide bonds. The molecule has 0 saturated carbocycles. The van der Waals surface area contributed by atoms with Crippen molar-refractivity contribution in [3.05, 3.63) is 87.9 Å². The number of halogens is 1. The number of nitrogens with zero attached hydrogens (tertiary/aromatic N) is 4. The highest BCUT2D eigenvalue weighted by Crippen LogP contribution is 2.45. The number of aryl methyl sites for hydroxylation is 4. The maximum atomic E-state index is 15.6. The van der Waals surface area contributed by atoms with Gasteiger partial charge in [-0.15, -0.1) is 0 Å². The Morgan fingerprint density at radius 3 is 2.49 bits per heavy atom. The van der Waals surface area contributed by atoms with Gasteiger partial charge >= 0.3 is 5.97 Å². The van der Waals surface area contributed by atoms with Gasteiger partial charge in [-0.3, -0.25) is 4.98 Å². The smallest absolute Gasteiger partial charge is 0.337 e. The summed E-state index contributed by atoms with van der Waals surface area (Å²) < 4.78 is 27.5. The van der Waals surface area contributed by atoms with E-state index in [9.17, 15) is 9.90 Å². The van der Waals surface area contributed by atoms with Crippen molar-refractivity contribution in [1.29, 1.82) is 0 Å². The number of carboxylic acid groups (broad SMARTS) is 1. The fraction of sp³-hybridized carbons (Fsp3) is 0.389. The van der Waals surface area contributed by atoms with E-state index in [4.69, 9.17) is 14.5 Å². The number of aromatic nitrogens is 3. The summed E-state index contributed by atoms with van der Waals surface area (Å²) in [5.74, 6) is -0.410. The fourth-order valence-electron chi connectivity index (χ4n) is 6.52. The lowest BCUT2D eigenvalue weighted by molar-refractivity contribution is -0.160. The van der Waals surface area contributed by atoms with Gasteiger partial charge in [-0.25, -0.2) is 19.2 Å². The van der Waals surface area contributed by atoms with Crippen LogP contribution in [0.2, 0.25) is 0 Å². The zero-order valence-corrected chi connectivity index (χ0v) is 26.7. The first-order valence-electron chi connectivity index (χ1n) is 15.4. The minimum absolute atomic E-state index is 0.272. The zero-order chi connectivity index (χ0) is 32.0. The van der Waals surface area contributed by atoms with E-state index < -0.39 is 23.5 Å². The molecule has 2 aromatic carbocycles. The van der Waals surface area contributed by atoms with Crippen molar-refractivity contribution in [2.45, 2.75) is 79.1 Å². The predicted octanol–water partition coefficient (Wildman–Crippen LogP) is 7.10. The summed E-state index contributed by atoms with van der Waals surface area (Å²) in [6.45, 7) is 13.1. The second-order valence-electron chi connectivity index (χ2n) is 13.0. The number of ether oxygens (including phenoxy) is 2. The third-order valence-electron chi connectivity index (χ3n) is 8.43. The van der Waals surface area contributed by atoms with Crippen molar-refractivity contribution >= 4 is 11.8 Å². The summed E-state index contributed by atoms with van der Waals surface area (Å²) in [6.07, 6.45) is 2.55. The Kier molecular flexibility index (Phi) is 8.07. The highest BCUT2D eigenvalue weighted by Gasteiger charge is 2.34. The number of hydrogen-bond donors (Lipinski definition) is 1. The van der Waals surface area contributed by atoms with Crippen LogP contribution in [0.1, 0.15) is 72.6 Å². The number of carboxylic acids is 1. The van der Waals surface area contributed by atoms with Crippen molar-refractivity contribution in [3.63, 3.8) is 0 Å². The van der Waals surface area contributed by atoms with Crippen LogP contribution >= 0.6 is 0 Å². The molecule has 1 N–H and O–H groups in total. The minimum atomic E-state index is -1.32. The van der Waals surface area contributed by atoms with Crippen LogP contribution in [0, 0.1) is 26.6 Å². The van der Waals surface area contributed by atoms with Gasteiger partial charge in [0.15, 0.2) is 17.7 Å². The molecule has 2 aliphatic heterocycles. The second kappa shape index (κ2) is 11.9. The van der Waals surface area contributed by atoms with Crippen LogP contribution in [-0.2, 0) is 28.9 Å². The van der Waals surface area contributed by atoms with Crippen LogP contribution in [-0.4, -0.2) is 44.8 Å². The first-order chi connectivity index (χ1) is 21.4. The van der Waals surface area contributed by atoms with Gasteiger partial charge < -0.3 is 19.5 Å². The molecule has 2 aliphatic rings. The van der Waals surface area contributed by atoms with Gasteiger partial charge in [0.05, 0.1) is 12.2 Å². The van der Waals surface area contributed by atoms with E-state index in [1.54, 1.807) is 13.3 Å². The molecule has 0 saturated heterocycles. The van der Waals surface area contributed by atoms with Crippen molar-refractivity contribution < 1.29 is 23.8 Å². The van der Waals surface area contributed by atoms with E-state index in [1.807, 2.05) is 46.8 Å². The lowest BCUT2D eigenvalue weighted by Crippen LogP contribution is -2.31. The number of hydrogen-bond acceptors (Lipinski definition) is 7. The molecule has 45 heavy (non-hydrogen) atoms. The molecule has 4 aromatic rings. The molecule has 0 spiro atoms. The molecule has 0 bridgehead atoms. The fourth-order valence-corrected chi connectivity index (χ4v) is 6.52.